The Labute approximate surface area is 74.2 Å². The van der Waals surface area contributed by atoms with Crippen LogP contribution >= 0.6 is 0 Å². The Morgan fingerprint density at radius 3 is 2.42 bits per heavy atom. The zero-order chi connectivity index (χ0) is 8.93. The van der Waals surface area contributed by atoms with Crippen LogP contribution in [0.5, 0.6) is 0 Å². The van der Waals surface area contributed by atoms with Crippen molar-refractivity contribution in [3.8, 4) is 6.07 Å². The monoisotopic (exact) mass is 164 g/mol. The van der Waals surface area contributed by atoms with Gasteiger partial charge in [0.25, 0.3) is 0 Å². The zero-order valence-electron chi connectivity index (χ0n) is 8.04. The summed E-state index contributed by atoms with van der Waals surface area (Å²) in [6, 6.07) is 3.33. The Hall–Kier alpha value is -0.550. The van der Waals surface area contributed by atoms with Gasteiger partial charge in [0.1, 0.15) is 0 Å². The van der Waals surface area contributed by atoms with Crippen molar-refractivity contribution >= 4 is 0 Å². The number of fused-ring (bicyclic) bond motifs is 1. The van der Waals surface area contributed by atoms with Crippen LogP contribution in [0.3, 0.4) is 0 Å². The molecule has 1 saturated carbocycles. The molecule has 0 aromatic heterocycles. The van der Waals surface area contributed by atoms with Gasteiger partial charge in [0, 0.05) is 11.6 Å². The molecule has 0 radical (unpaired) electrons. The minimum atomic E-state index is 0.177. The van der Waals surface area contributed by atoms with Gasteiger partial charge >= 0.3 is 0 Å². The number of piperidine rings is 1. The largest absolute Gasteiger partial charge is 0.280 e. The minimum Gasteiger partial charge on any atom is -0.280 e. The second-order valence-electron chi connectivity index (χ2n) is 5.02. The standard InChI is InChI=1S/C10H16N2/c1-10(2,3)12-8(6-11)4-7-5-9(7)12/h7-9H,4-5H2,1-3H3/t7-,8+,9+/m0/s1. The van der Waals surface area contributed by atoms with Gasteiger partial charge in [-0.2, -0.15) is 5.26 Å². The highest BCUT2D eigenvalue weighted by Crippen LogP contribution is 2.50. The van der Waals surface area contributed by atoms with E-state index in [0.717, 1.165) is 18.4 Å². The Morgan fingerprint density at radius 2 is 2.00 bits per heavy atom. The topological polar surface area (TPSA) is 27.0 Å². The second kappa shape index (κ2) is 2.23. The number of hydrogen-bond acceptors (Lipinski definition) is 2. The summed E-state index contributed by atoms with van der Waals surface area (Å²) in [4.78, 5) is 2.40. The maximum Gasteiger partial charge on any atom is 0.0987 e. The third-order valence-electron chi connectivity index (χ3n) is 3.03. The summed E-state index contributed by atoms with van der Waals surface area (Å²) in [5, 5.41) is 8.95. The summed E-state index contributed by atoms with van der Waals surface area (Å²) in [7, 11) is 0. The molecule has 1 heterocycles. The molecule has 0 aromatic rings. The molecule has 1 saturated heterocycles. The van der Waals surface area contributed by atoms with E-state index in [0.29, 0.717) is 0 Å². The van der Waals surface area contributed by atoms with E-state index >= 15 is 0 Å². The highest BCUT2D eigenvalue weighted by atomic mass is 15.3. The molecule has 1 aliphatic carbocycles. The Bertz CT molecular complexity index is 233. The fourth-order valence-electron chi connectivity index (χ4n) is 2.54. The van der Waals surface area contributed by atoms with Gasteiger partial charge in [0.05, 0.1) is 12.1 Å². The molecule has 0 unspecified atom stereocenters. The Balaban J connectivity index is 2.17. The normalized spacial score (nSPS) is 40.7. The third kappa shape index (κ3) is 1.04. The molecule has 1 aliphatic heterocycles. The summed E-state index contributed by atoms with van der Waals surface area (Å²) >= 11 is 0. The number of hydrogen-bond donors (Lipinski definition) is 0. The van der Waals surface area contributed by atoms with Crippen LogP contribution in [0.15, 0.2) is 0 Å². The Kier molecular flexibility index (Phi) is 1.50. The third-order valence-corrected chi connectivity index (χ3v) is 3.03. The molecular formula is C10H16N2. The van der Waals surface area contributed by atoms with Crippen LogP contribution in [0.1, 0.15) is 33.6 Å². The molecule has 0 spiro atoms. The lowest BCUT2D eigenvalue weighted by Gasteiger charge is -2.36. The van der Waals surface area contributed by atoms with E-state index in [1.165, 1.54) is 6.42 Å². The molecule has 2 rings (SSSR count). The average Bonchev–Trinajstić information content (AvgIpc) is 2.58. The number of likely N-dealkylation sites (tertiary alicyclic amines) is 1. The molecule has 0 amide bonds. The first-order chi connectivity index (χ1) is 5.54. The van der Waals surface area contributed by atoms with Crippen molar-refractivity contribution in [1.82, 2.24) is 4.90 Å². The van der Waals surface area contributed by atoms with E-state index in [4.69, 9.17) is 5.26 Å². The Morgan fingerprint density at radius 1 is 1.33 bits per heavy atom. The maximum atomic E-state index is 8.95. The molecule has 0 aromatic carbocycles. The second-order valence-corrected chi connectivity index (χ2v) is 5.02. The van der Waals surface area contributed by atoms with Gasteiger partial charge < -0.3 is 0 Å². The van der Waals surface area contributed by atoms with Crippen molar-refractivity contribution in [1.29, 1.82) is 5.26 Å². The molecular weight excluding hydrogens is 148 g/mol. The lowest BCUT2D eigenvalue weighted by Crippen LogP contribution is -2.46. The first-order valence-electron chi connectivity index (χ1n) is 4.72. The number of rotatable bonds is 0. The predicted molar refractivity (Wildman–Crippen MR) is 47.5 cm³/mol. The molecule has 12 heavy (non-hydrogen) atoms. The molecule has 2 heteroatoms. The summed E-state index contributed by atoms with van der Waals surface area (Å²) in [5.41, 5.74) is 0.177. The summed E-state index contributed by atoms with van der Waals surface area (Å²) in [6.07, 6.45) is 2.44. The van der Waals surface area contributed by atoms with Gasteiger partial charge in [-0.3, -0.25) is 4.90 Å². The SMILES string of the molecule is CC(C)(C)N1[C@@H]2C[C@@H]2C[C@@H]1C#N. The molecule has 2 fully saturated rings. The van der Waals surface area contributed by atoms with Crippen LogP contribution < -0.4 is 0 Å². The van der Waals surface area contributed by atoms with Crippen molar-refractivity contribution in [3.05, 3.63) is 0 Å². The van der Waals surface area contributed by atoms with E-state index in [1.807, 2.05) is 0 Å². The van der Waals surface area contributed by atoms with Crippen LogP contribution in [0.4, 0.5) is 0 Å². The fraction of sp³-hybridized carbons (Fsp3) is 0.900. The lowest BCUT2D eigenvalue weighted by molar-refractivity contribution is 0.121. The van der Waals surface area contributed by atoms with Crippen LogP contribution in [-0.4, -0.2) is 22.5 Å². The fourth-order valence-corrected chi connectivity index (χ4v) is 2.54. The summed E-state index contributed by atoms with van der Waals surface area (Å²) in [5.74, 6) is 0.842. The van der Waals surface area contributed by atoms with Gasteiger partial charge in [0.15, 0.2) is 0 Å². The first-order valence-corrected chi connectivity index (χ1v) is 4.72. The minimum absolute atomic E-state index is 0.177. The van der Waals surface area contributed by atoms with Crippen molar-refractivity contribution in [2.24, 2.45) is 5.92 Å². The van der Waals surface area contributed by atoms with Crippen LogP contribution in [0, 0.1) is 17.2 Å². The average molecular weight is 164 g/mol. The number of nitrogens with zero attached hydrogens (tertiary/aromatic N) is 2. The quantitative estimate of drug-likeness (QED) is 0.545. The van der Waals surface area contributed by atoms with Gasteiger partial charge in [-0.25, -0.2) is 0 Å². The van der Waals surface area contributed by atoms with E-state index in [9.17, 15) is 0 Å². The van der Waals surface area contributed by atoms with Crippen molar-refractivity contribution < 1.29 is 0 Å². The zero-order valence-corrected chi connectivity index (χ0v) is 8.04. The highest BCUT2D eigenvalue weighted by molar-refractivity contribution is 5.14. The lowest BCUT2D eigenvalue weighted by atomic mass is 10.0. The summed E-state index contributed by atoms with van der Waals surface area (Å²) in [6.45, 7) is 6.62. The molecule has 3 atom stereocenters. The van der Waals surface area contributed by atoms with Crippen molar-refractivity contribution in [2.75, 3.05) is 0 Å². The molecule has 2 aliphatic rings. The molecule has 2 nitrogen and oxygen atoms in total. The molecule has 0 N–H and O–H groups in total. The van der Waals surface area contributed by atoms with E-state index in [1.54, 1.807) is 0 Å². The van der Waals surface area contributed by atoms with Crippen LogP contribution in [0.2, 0.25) is 0 Å². The van der Waals surface area contributed by atoms with Gasteiger partial charge in [0.2, 0.25) is 0 Å². The van der Waals surface area contributed by atoms with Crippen molar-refractivity contribution in [2.45, 2.75) is 51.2 Å². The van der Waals surface area contributed by atoms with Crippen LogP contribution in [0.25, 0.3) is 0 Å². The van der Waals surface area contributed by atoms with E-state index in [2.05, 4.69) is 31.7 Å². The van der Waals surface area contributed by atoms with E-state index in [-0.39, 0.29) is 11.6 Å². The highest BCUT2D eigenvalue weighted by Gasteiger charge is 2.55. The summed E-state index contributed by atoms with van der Waals surface area (Å²) < 4.78 is 0. The van der Waals surface area contributed by atoms with Gasteiger partial charge in [-0.05, 0) is 39.5 Å². The van der Waals surface area contributed by atoms with Crippen LogP contribution in [-0.2, 0) is 0 Å². The predicted octanol–water partition coefficient (Wildman–Crippen LogP) is 1.77. The van der Waals surface area contributed by atoms with Gasteiger partial charge in [-0.1, -0.05) is 0 Å². The van der Waals surface area contributed by atoms with Crippen molar-refractivity contribution in [3.63, 3.8) is 0 Å². The first kappa shape index (κ1) is 8.07. The van der Waals surface area contributed by atoms with E-state index < -0.39 is 0 Å². The number of nitriles is 1. The smallest absolute Gasteiger partial charge is 0.0987 e. The maximum absolute atomic E-state index is 8.95. The molecule has 66 valence electrons. The van der Waals surface area contributed by atoms with Gasteiger partial charge in [-0.15, -0.1) is 0 Å². The molecule has 0 bridgehead atoms.